The number of nitrogens with zero attached hydrogens (tertiary/aromatic N) is 1. The summed E-state index contributed by atoms with van der Waals surface area (Å²) in [4.78, 5) is 2.72. The van der Waals surface area contributed by atoms with E-state index in [0.717, 1.165) is 24.5 Å². The van der Waals surface area contributed by atoms with Crippen LogP contribution in [0.15, 0.2) is 18.2 Å². The quantitative estimate of drug-likeness (QED) is 0.814. The monoisotopic (exact) mass is 270 g/mol. The number of hydrogen-bond acceptors (Lipinski definition) is 2. The minimum Gasteiger partial charge on any atom is -0.368 e. The van der Waals surface area contributed by atoms with Crippen LogP contribution in [-0.2, 0) is 6.54 Å². The zero-order valence-electron chi connectivity index (χ0n) is 12.6. The second-order valence-electron chi connectivity index (χ2n) is 7.11. The lowest BCUT2D eigenvalue weighted by molar-refractivity contribution is 0.673. The third-order valence-corrected chi connectivity index (χ3v) is 4.84. The summed E-state index contributed by atoms with van der Waals surface area (Å²) in [7, 11) is 0. The van der Waals surface area contributed by atoms with Gasteiger partial charge in [0, 0.05) is 30.9 Å². The first-order valence-electron chi connectivity index (χ1n) is 8.39. The molecule has 0 unspecified atom stereocenters. The van der Waals surface area contributed by atoms with Gasteiger partial charge in [0.2, 0.25) is 0 Å². The van der Waals surface area contributed by atoms with Gasteiger partial charge in [-0.25, -0.2) is 0 Å². The van der Waals surface area contributed by atoms with E-state index in [9.17, 15) is 0 Å². The third kappa shape index (κ3) is 3.01. The number of anilines is 1. The Labute approximate surface area is 122 Å². The maximum Gasteiger partial charge on any atom is 0.0414 e. The summed E-state index contributed by atoms with van der Waals surface area (Å²) in [5.41, 5.74) is 4.42. The Morgan fingerprint density at radius 2 is 1.90 bits per heavy atom. The highest BCUT2D eigenvalue weighted by Gasteiger charge is 2.34. The Bertz CT molecular complexity index is 484. The smallest absolute Gasteiger partial charge is 0.0414 e. The second kappa shape index (κ2) is 5.07. The van der Waals surface area contributed by atoms with E-state index in [-0.39, 0.29) is 0 Å². The molecule has 2 heteroatoms. The maximum atomic E-state index is 3.70. The Balaban J connectivity index is 1.56. The minimum atomic E-state index is 0.793. The predicted molar refractivity (Wildman–Crippen MR) is 84.1 cm³/mol. The summed E-state index contributed by atoms with van der Waals surface area (Å²) in [5, 5.41) is 3.70. The van der Waals surface area contributed by atoms with Crippen molar-refractivity contribution < 1.29 is 0 Å². The van der Waals surface area contributed by atoms with Crippen LogP contribution in [0, 0.1) is 12.8 Å². The lowest BCUT2D eigenvalue weighted by Gasteiger charge is -2.28. The van der Waals surface area contributed by atoms with Crippen molar-refractivity contribution in [3.8, 4) is 0 Å². The van der Waals surface area contributed by atoms with Gasteiger partial charge in [0.15, 0.2) is 0 Å². The molecule has 3 aliphatic carbocycles. The van der Waals surface area contributed by atoms with Crippen molar-refractivity contribution in [1.82, 2.24) is 5.32 Å². The molecule has 0 bridgehead atoms. The fourth-order valence-electron chi connectivity index (χ4n) is 3.09. The molecular weight excluding hydrogens is 244 g/mol. The van der Waals surface area contributed by atoms with Crippen molar-refractivity contribution in [1.29, 1.82) is 0 Å². The third-order valence-electron chi connectivity index (χ3n) is 4.84. The fraction of sp³-hybridized carbons (Fsp3) is 0.667. The fourth-order valence-corrected chi connectivity index (χ4v) is 3.09. The molecule has 108 valence electrons. The normalized spacial score (nSPS) is 22.1. The van der Waals surface area contributed by atoms with Gasteiger partial charge in [-0.05, 0) is 63.0 Å². The van der Waals surface area contributed by atoms with Gasteiger partial charge in [0.1, 0.15) is 0 Å². The second-order valence-corrected chi connectivity index (χ2v) is 7.11. The Morgan fingerprint density at radius 1 is 1.10 bits per heavy atom. The van der Waals surface area contributed by atoms with Gasteiger partial charge < -0.3 is 10.2 Å². The molecule has 1 aromatic rings. The molecule has 0 heterocycles. The van der Waals surface area contributed by atoms with Gasteiger partial charge in [-0.2, -0.15) is 0 Å². The molecule has 1 N–H and O–H groups in total. The molecule has 0 spiro atoms. The first-order chi connectivity index (χ1) is 9.79. The molecule has 0 saturated heterocycles. The van der Waals surface area contributed by atoms with Crippen molar-refractivity contribution in [3.05, 3.63) is 29.3 Å². The van der Waals surface area contributed by atoms with E-state index in [4.69, 9.17) is 0 Å². The van der Waals surface area contributed by atoms with E-state index in [1.807, 2.05) is 0 Å². The maximum absolute atomic E-state index is 3.70. The van der Waals surface area contributed by atoms with Crippen LogP contribution in [0.25, 0.3) is 0 Å². The van der Waals surface area contributed by atoms with E-state index in [2.05, 4.69) is 35.3 Å². The number of hydrogen-bond donors (Lipinski definition) is 1. The summed E-state index contributed by atoms with van der Waals surface area (Å²) >= 11 is 0. The highest BCUT2D eigenvalue weighted by Crippen LogP contribution is 2.39. The number of aryl methyl sites for hydroxylation is 1. The minimum absolute atomic E-state index is 0.793. The van der Waals surface area contributed by atoms with Gasteiger partial charge in [-0.15, -0.1) is 0 Å². The van der Waals surface area contributed by atoms with E-state index >= 15 is 0 Å². The zero-order valence-corrected chi connectivity index (χ0v) is 12.6. The Hall–Kier alpha value is -1.02. The van der Waals surface area contributed by atoms with Crippen molar-refractivity contribution in [2.75, 3.05) is 11.4 Å². The molecule has 0 amide bonds. The molecule has 0 radical (unpaired) electrons. The molecule has 3 aliphatic rings. The average Bonchev–Trinajstić information content (AvgIpc) is 3.24. The number of rotatable bonds is 7. The number of nitrogens with one attached hydrogen (secondary N) is 1. The SMILES string of the molecule is Cc1ccc(N(CC2CC2)C2CC2)c(CNC2CC2)c1. The van der Waals surface area contributed by atoms with Crippen LogP contribution in [0.1, 0.15) is 49.7 Å². The first kappa shape index (κ1) is 12.7. The van der Waals surface area contributed by atoms with Crippen LogP contribution >= 0.6 is 0 Å². The van der Waals surface area contributed by atoms with E-state index in [1.165, 1.54) is 61.9 Å². The molecule has 0 aromatic heterocycles. The zero-order chi connectivity index (χ0) is 13.5. The van der Waals surface area contributed by atoms with Crippen molar-refractivity contribution in [3.63, 3.8) is 0 Å². The van der Waals surface area contributed by atoms with Crippen LogP contribution in [-0.4, -0.2) is 18.6 Å². The van der Waals surface area contributed by atoms with Crippen LogP contribution in [0.3, 0.4) is 0 Å². The summed E-state index contributed by atoms with van der Waals surface area (Å²) in [6, 6.07) is 8.68. The average molecular weight is 270 g/mol. The van der Waals surface area contributed by atoms with Gasteiger partial charge in [-0.3, -0.25) is 0 Å². The van der Waals surface area contributed by atoms with Crippen LogP contribution in [0.5, 0.6) is 0 Å². The van der Waals surface area contributed by atoms with E-state index < -0.39 is 0 Å². The van der Waals surface area contributed by atoms with Crippen molar-refractivity contribution in [2.45, 2.75) is 64.1 Å². The predicted octanol–water partition coefficient (Wildman–Crippen LogP) is 3.63. The number of benzene rings is 1. The standard InChI is InChI=1S/C18H26N2/c1-13-2-9-18(15(10-13)11-19-16-5-6-16)20(17-7-8-17)12-14-3-4-14/h2,9-10,14,16-17,19H,3-8,11-12H2,1H3. The molecule has 4 rings (SSSR count). The first-order valence-corrected chi connectivity index (χ1v) is 8.39. The summed E-state index contributed by atoms with van der Waals surface area (Å²) in [5.74, 6) is 0.973. The molecular formula is C18H26N2. The van der Waals surface area contributed by atoms with Crippen LogP contribution in [0.2, 0.25) is 0 Å². The molecule has 20 heavy (non-hydrogen) atoms. The topological polar surface area (TPSA) is 15.3 Å². The summed E-state index contributed by atoms with van der Waals surface area (Å²) < 4.78 is 0. The van der Waals surface area contributed by atoms with Gasteiger partial charge in [0.25, 0.3) is 0 Å². The molecule has 0 aliphatic heterocycles. The van der Waals surface area contributed by atoms with Gasteiger partial charge in [0.05, 0.1) is 0 Å². The summed E-state index contributed by atoms with van der Waals surface area (Å²) in [6.45, 7) is 4.56. The van der Waals surface area contributed by atoms with Crippen LogP contribution in [0.4, 0.5) is 5.69 Å². The van der Waals surface area contributed by atoms with Crippen LogP contribution < -0.4 is 10.2 Å². The highest BCUT2D eigenvalue weighted by molar-refractivity contribution is 5.57. The molecule has 2 nitrogen and oxygen atoms in total. The molecule has 3 fully saturated rings. The molecule has 0 atom stereocenters. The van der Waals surface area contributed by atoms with Gasteiger partial charge >= 0.3 is 0 Å². The van der Waals surface area contributed by atoms with Crippen molar-refractivity contribution in [2.24, 2.45) is 5.92 Å². The van der Waals surface area contributed by atoms with Crippen molar-refractivity contribution >= 4 is 5.69 Å². The Morgan fingerprint density at radius 3 is 2.55 bits per heavy atom. The highest BCUT2D eigenvalue weighted by atomic mass is 15.2. The Kier molecular flexibility index (Phi) is 3.22. The van der Waals surface area contributed by atoms with Gasteiger partial charge in [-0.1, -0.05) is 17.7 Å². The molecule has 3 saturated carbocycles. The lowest BCUT2D eigenvalue weighted by Crippen LogP contribution is -2.30. The van der Waals surface area contributed by atoms with E-state index in [0.29, 0.717) is 0 Å². The largest absolute Gasteiger partial charge is 0.368 e. The molecule has 1 aromatic carbocycles. The lowest BCUT2D eigenvalue weighted by atomic mass is 10.1. The van der Waals surface area contributed by atoms with E-state index in [1.54, 1.807) is 0 Å². The summed E-state index contributed by atoms with van der Waals surface area (Å²) in [6.07, 6.45) is 8.44.